The second-order valence-corrected chi connectivity index (χ2v) is 4.24. The highest BCUT2D eigenvalue weighted by atomic mass is 35.5. The minimum Gasteiger partial charge on any atom is -0.380 e. The molecule has 1 atom stereocenters. The summed E-state index contributed by atoms with van der Waals surface area (Å²) in [5.74, 6) is -0.129. The van der Waals surface area contributed by atoms with Crippen LogP contribution in [0.1, 0.15) is 6.42 Å². The SMILES string of the molecule is COC(CN)CC(=O)Nc1ccc(-n2ccnn2)cc1.Cl. The van der Waals surface area contributed by atoms with Crippen LogP contribution in [-0.2, 0) is 9.53 Å². The van der Waals surface area contributed by atoms with Crippen molar-refractivity contribution in [3.05, 3.63) is 36.7 Å². The lowest BCUT2D eigenvalue weighted by Crippen LogP contribution is -2.28. The minimum absolute atomic E-state index is 0. The van der Waals surface area contributed by atoms with E-state index in [9.17, 15) is 4.79 Å². The fourth-order valence-corrected chi connectivity index (χ4v) is 1.73. The highest BCUT2D eigenvalue weighted by Gasteiger charge is 2.11. The molecule has 114 valence electrons. The lowest BCUT2D eigenvalue weighted by atomic mass is 10.2. The summed E-state index contributed by atoms with van der Waals surface area (Å²) in [5.41, 5.74) is 7.06. The van der Waals surface area contributed by atoms with Gasteiger partial charge < -0.3 is 15.8 Å². The maximum atomic E-state index is 11.8. The van der Waals surface area contributed by atoms with Crippen molar-refractivity contribution in [1.29, 1.82) is 0 Å². The number of carbonyl (C=O) groups excluding carboxylic acids is 1. The third-order valence-electron chi connectivity index (χ3n) is 2.85. The average molecular weight is 312 g/mol. The molecule has 1 amide bonds. The topological polar surface area (TPSA) is 95.1 Å². The Morgan fingerprint density at radius 3 is 2.67 bits per heavy atom. The monoisotopic (exact) mass is 311 g/mol. The zero-order valence-electron chi connectivity index (χ0n) is 11.6. The van der Waals surface area contributed by atoms with Gasteiger partial charge in [-0.15, -0.1) is 17.5 Å². The number of anilines is 1. The van der Waals surface area contributed by atoms with E-state index >= 15 is 0 Å². The average Bonchev–Trinajstić information content (AvgIpc) is 2.99. The van der Waals surface area contributed by atoms with Gasteiger partial charge in [0, 0.05) is 19.3 Å². The molecule has 0 spiro atoms. The van der Waals surface area contributed by atoms with Crippen molar-refractivity contribution in [2.24, 2.45) is 5.73 Å². The number of benzene rings is 1. The van der Waals surface area contributed by atoms with Gasteiger partial charge in [-0.2, -0.15) is 0 Å². The van der Waals surface area contributed by atoms with Crippen LogP contribution in [0.2, 0.25) is 0 Å². The van der Waals surface area contributed by atoms with Crippen LogP contribution in [0.4, 0.5) is 5.69 Å². The van der Waals surface area contributed by atoms with E-state index in [2.05, 4.69) is 15.6 Å². The highest BCUT2D eigenvalue weighted by molar-refractivity contribution is 5.91. The van der Waals surface area contributed by atoms with Crippen LogP contribution < -0.4 is 11.1 Å². The standard InChI is InChI=1S/C13H17N5O2.ClH/c1-20-12(9-14)8-13(19)16-10-2-4-11(5-3-10)18-7-6-15-17-18;/h2-7,12H,8-9,14H2,1H3,(H,16,19);1H. The molecule has 0 saturated carbocycles. The molecule has 0 aliphatic carbocycles. The number of aromatic nitrogens is 3. The molecule has 1 aromatic heterocycles. The number of amides is 1. The summed E-state index contributed by atoms with van der Waals surface area (Å²) in [5, 5.41) is 10.4. The largest absolute Gasteiger partial charge is 0.380 e. The number of nitrogens with zero attached hydrogens (tertiary/aromatic N) is 3. The van der Waals surface area contributed by atoms with E-state index in [0.29, 0.717) is 12.2 Å². The molecule has 0 fully saturated rings. The Morgan fingerprint density at radius 2 is 2.14 bits per heavy atom. The van der Waals surface area contributed by atoms with Crippen molar-refractivity contribution in [2.45, 2.75) is 12.5 Å². The van der Waals surface area contributed by atoms with E-state index in [1.165, 1.54) is 7.11 Å². The molecule has 1 unspecified atom stereocenters. The summed E-state index contributed by atoms with van der Waals surface area (Å²) in [4.78, 5) is 11.8. The number of nitrogens with two attached hydrogens (primary N) is 1. The Kier molecular flexibility index (Phi) is 6.80. The van der Waals surface area contributed by atoms with Crippen LogP contribution in [-0.4, -0.2) is 40.7 Å². The second-order valence-electron chi connectivity index (χ2n) is 4.24. The first-order chi connectivity index (χ1) is 9.72. The molecule has 3 N–H and O–H groups in total. The predicted molar refractivity (Wildman–Crippen MR) is 81.7 cm³/mol. The Labute approximate surface area is 128 Å². The quantitative estimate of drug-likeness (QED) is 0.829. The molecule has 0 saturated heterocycles. The Morgan fingerprint density at radius 1 is 1.43 bits per heavy atom. The van der Waals surface area contributed by atoms with E-state index in [4.69, 9.17) is 10.5 Å². The summed E-state index contributed by atoms with van der Waals surface area (Å²) in [7, 11) is 1.54. The summed E-state index contributed by atoms with van der Waals surface area (Å²) in [6, 6.07) is 7.31. The third-order valence-corrected chi connectivity index (χ3v) is 2.85. The van der Waals surface area contributed by atoms with Gasteiger partial charge in [0.05, 0.1) is 30.6 Å². The second kappa shape index (κ2) is 8.35. The number of methoxy groups -OCH3 is 1. The fourth-order valence-electron chi connectivity index (χ4n) is 1.73. The molecular weight excluding hydrogens is 294 g/mol. The van der Waals surface area contributed by atoms with Gasteiger partial charge >= 0.3 is 0 Å². The molecule has 2 aromatic rings. The van der Waals surface area contributed by atoms with Crippen molar-refractivity contribution in [3.8, 4) is 5.69 Å². The molecule has 0 aliphatic rings. The van der Waals surface area contributed by atoms with Gasteiger partial charge in [-0.3, -0.25) is 4.79 Å². The van der Waals surface area contributed by atoms with Gasteiger partial charge in [-0.1, -0.05) is 5.21 Å². The smallest absolute Gasteiger partial charge is 0.227 e. The van der Waals surface area contributed by atoms with Gasteiger partial charge in [-0.05, 0) is 24.3 Å². The molecule has 0 aliphatic heterocycles. The summed E-state index contributed by atoms with van der Waals surface area (Å²) >= 11 is 0. The van der Waals surface area contributed by atoms with Crippen LogP contribution in [0.15, 0.2) is 36.7 Å². The predicted octanol–water partition coefficient (Wildman–Crippen LogP) is 0.991. The van der Waals surface area contributed by atoms with Gasteiger partial charge in [0.25, 0.3) is 0 Å². The van der Waals surface area contributed by atoms with Crippen LogP contribution in [0.3, 0.4) is 0 Å². The van der Waals surface area contributed by atoms with Gasteiger partial charge in [-0.25, -0.2) is 4.68 Å². The van der Waals surface area contributed by atoms with E-state index in [1.54, 1.807) is 29.2 Å². The minimum atomic E-state index is -0.260. The first-order valence-corrected chi connectivity index (χ1v) is 6.22. The molecule has 21 heavy (non-hydrogen) atoms. The van der Waals surface area contributed by atoms with E-state index < -0.39 is 0 Å². The molecule has 8 heteroatoms. The molecule has 0 radical (unpaired) electrons. The molecule has 7 nitrogen and oxygen atoms in total. The van der Waals surface area contributed by atoms with Crippen LogP contribution >= 0.6 is 12.4 Å². The van der Waals surface area contributed by atoms with E-state index in [1.807, 2.05) is 12.1 Å². The van der Waals surface area contributed by atoms with Gasteiger partial charge in [0.2, 0.25) is 5.91 Å². The van der Waals surface area contributed by atoms with Crippen LogP contribution in [0, 0.1) is 0 Å². The Balaban J connectivity index is 0.00000220. The zero-order valence-corrected chi connectivity index (χ0v) is 12.4. The molecule has 2 rings (SSSR count). The van der Waals surface area contributed by atoms with Gasteiger partial charge in [0.15, 0.2) is 0 Å². The lowest BCUT2D eigenvalue weighted by molar-refractivity contribution is -0.118. The Hall–Kier alpha value is -1.96. The molecule has 0 bridgehead atoms. The van der Waals surface area contributed by atoms with E-state index in [0.717, 1.165) is 5.69 Å². The number of rotatable bonds is 6. The van der Waals surface area contributed by atoms with Crippen molar-refractivity contribution < 1.29 is 9.53 Å². The van der Waals surface area contributed by atoms with E-state index in [-0.39, 0.29) is 30.8 Å². The van der Waals surface area contributed by atoms with Crippen LogP contribution in [0.5, 0.6) is 0 Å². The van der Waals surface area contributed by atoms with Crippen molar-refractivity contribution in [1.82, 2.24) is 15.0 Å². The van der Waals surface area contributed by atoms with Crippen LogP contribution in [0.25, 0.3) is 5.69 Å². The highest BCUT2D eigenvalue weighted by Crippen LogP contribution is 2.12. The maximum absolute atomic E-state index is 11.8. The molecule has 1 heterocycles. The van der Waals surface area contributed by atoms with Crippen molar-refractivity contribution in [2.75, 3.05) is 19.0 Å². The number of carbonyl (C=O) groups is 1. The third kappa shape index (κ3) is 4.82. The number of hydrogen-bond donors (Lipinski definition) is 2. The lowest BCUT2D eigenvalue weighted by Gasteiger charge is -2.12. The summed E-state index contributed by atoms with van der Waals surface area (Å²) < 4.78 is 6.71. The number of ether oxygens (including phenoxy) is 1. The summed E-state index contributed by atoms with van der Waals surface area (Å²) in [6.45, 7) is 0.315. The van der Waals surface area contributed by atoms with Gasteiger partial charge in [0.1, 0.15) is 0 Å². The molecule has 1 aromatic carbocycles. The zero-order chi connectivity index (χ0) is 14.4. The molecular formula is C13H18ClN5O2. The number of halogens is 1. The number of hydrogen-bond acceptors (Lipinski definition) is 5. The summed E-state index contributed by atoms with van der Waals surface area (Å²) in [6.07, 6.45) is 3.33. The maximum Gasteiger partial charge on any atom is 0.227 e. The first kappa shape index (κ1) is 17.1. The van der Waals surface area contributed by atoms with Crippen molar-refractivity contribution in [3.63, 3.8) is 0 Å². The first-order valence-electron chi connectivity index (χ1n) is 6.22. The Bertz CT molecular complexity index is 540. The normalized spacial score (nSPS) is 11.5. The number of nitrogens with one attached hydrogen (secondary N) is 1. The van der Waals surface area contributed by atoms with Crippen molar-refractivity contribution >= 4 is 24.0 Å². The fraction of sp³-hybridized carbons (Fsp3) is 0.308.